The van der Waals surface area contributed by atoms with Crippen LogP contribution >= 0.6 is 0 Å². The van der Waals surface area contributed by atoms with E-state index in [0.29, 0.717) is 0 Å². The minimum Gasteiger partial charge on any atom is -0.480 e. The van der Waals surface area contributed by atoms with E-state index in [9.17, 15) is 19.4 Å². The minimum atomic E-state index is -1.30. The highest BCUT2D eigenvalue weighted by atomic mass is 16.6. The van der Waals surface area contributed by atoms with Crippen molar-refractivity contribution in [3.63, 3.8) is 0 Å². The van der Waals surface area contributed by atoms with Crippen molar-refractivity contribution < 1.29 is 30.2 Å². The van der Waals surface area contributed by atoms with Gasteiger partial charge < -0.3 is 21.7 Å². The van der Waals surface area contributed by atoms with E-state index < -0.39 is 37.1 Å². The minimum absolute atomic E-state index is 0.0706. The number of nitrogens with two attached hydrogens (primary N) is 2. The number of nitrogens with zero attached hydrogens (tertiary/aromatic N) is 4. The molecule has 0 fully saturated rings. The Bertz CT molecular complexity index is 307. The summed E-state index contributed by atoms with van der Waals surface area (Å²) >= 11 is 0. The van der Waals surface area contributed by atoms with E-state index >= 15 is 0 Å². The first-order valence-corrected chi connectivity index (χ1v) is 4.71. The predicted molar refractivity (Wildman–Crippen MR) is 59.8 cm³/mol. The molecule has 8 N–H and O–H groups in total. The fraction of sp³-hybridized carbons (Fsp3) is 0.667. The van der Waals surface area contributed by atoms with Crippen LogP contribution in [0, 0.1) is 9.81 Å². The number of aliphatic carboxylic acids is 2. The summed E-state index contributed by atoms with van der Waals surface area (Å²) in [4.78, 5) is 38.8. The molecule has 0 spiro atoms. The van der Waals surface area contributed by atoms with Crippen molar-refractivity contribution >= 4 is 11.9 Å². The van der Waals surface area contributed by atoms with Crippen molar-refractivity contribution in [2.24, 2.45) is 22.0 Å². The summed E-state index contributed by atoms with van der Waals surface area (Å²) < 4.78 is 0. The maximum absolute atomic E-state index is 9.94. The highest BCUT2D eigenvalue weighted by molar-refractivity contribution is 5.73. The maximum atomic E-state index is 9.94. The second kappa shape index (κ2) is 10.5. The van der Waals surface area contributed by atoms with Crippen molar-refractivity contribution in [3.8, 4) is 0 Å². The van der Waals surface area contributed by atoms with Crippen molar-refractivity contribution in [1.82, 2.24) is 10.3 Å². The second-order valence-corrected chi connectivity index (χ2v) is 3.16. The average Bonchev–Trinajstić information content (AvgIpc) is 2.38. The number of hydrogen-bond acceptors (Lipinski definition) is 10. The van der Waals surface area contributed by atoms with Gasteiger partial charge >= 0.3 is 11.9 Å². The molecule has 0 aromatic carbocycles. The number of carbonyl (C=O) groups is 2. The van der Waals surface area contributed by atoms with Gasteiger partial charge in [-0.05, 0) is 0 Å². The van der Waals surface area contributed by atoms with Gasteiger partial charge in [0.25, 0.3) is 0 Å². The van der Waals surface area contributed by atoms with Crippen LogP contribution in [0.25, 0.3) is 0 Å². The highest BCUT2D eigenvalue weighted by Gasteiger charge is 2.15. The zero-order valence-electron chi connectivity index (χ0n) is 9.93. The van der Waals surface area contributed by atoms with E-state index in [1.54, 1.807) is 0 Å². The molecular weight excluding hydrogens is 284 g/mol. The van der Waals surface area contributed by atoms with Crippen LogP contribution in [0.15, 0.2) is 10.6 Å². The number of nitroso groups, excluding NO2 is 2. The van der Waals surface area contributed by atoms with E-state index in [1.165, 1.54) is 0 Å². The molecule has 0 rings (SSSR count). The van der Waals surface area contributed by atoms with Crippen LogP contribution < -0.4 is 11.5 Å². The monoisotopic (exact) mass is 298 g/mol. The Morgan fingerprint density at radius 1 is 0.900 bits per heavy atom. The Morgan fingerprint density at radius 3 is 1.30 bits per heavy atom. The lowest BCUT2D eigenvalue weighted by atomic mass is 10.3. The Hall–Kier alpha value is -2.42. The van der Waals surface area contributed by atoms with Gasteiger partial charge in [-0.3, -0.25) is 20.0 Å². The first kappa shape index (κ1) is 19.9. The van der Waals surface area contributed by atoms with E-state index in [-0.39, 0.29) is 10.3 Å². The molecule has 0 bridgehead atoms. The van der Waals surface area contributed by atoms with E-state index in [1.807, 2.05) is 10.6 Å². The molecule has 0 aromatic heterocycles. The topological polar surface area (TPSA) is 232 Å². The van der Waals surface area contributed by atoms with Gasteiger partial charge in [-0.1, -0.05) is 0 Å². The van der Waals surface area contributed by atoms with Crippen molar-refractivity contribution in [2.75, 3.05) is 13.1 Å². The van der Waals surface area contributed by atoms with E-state index in [4.69, 9.17) is 32.1 Å². The number of hydrogen-bond donors (Lipinski definition) is 6. The summed E-state index contributed by atoms with van der Waals surface area (Å²) in [7, 11) is 0. The number of rotatable bonds is 8. The fourth-order valence-electron chi connectivity index (χ4n) is 0.575. The number of carboxylic acid groups (broad SMARTS) is 2. The van der Waals surface area contributed by atoms with Crippen molar-refractivity contribution in [1.29, 1.82) is 0 Å². The molecule has 0 heterocycles. The predicted octanol–water partition coefficient (Wildman–Crippen LogP) is -2.46. The zero-order chi connectivity index (χ0) is 16.3. The third kappa shape index (κ3) is 10.7. The van der Waals surface area contributed by atoms with Gasteiger partial charge in [-0.15, -0.1) is 20.2 Å². The molecule has 0 radical (unpaired) electrons. The standard InChI is InChI=1S/2C3H7N3O4/c2*4-2(3(7)8)1-6(10)5-9/h2*2,10H,1,4H2,(H,7,8). The summed E-state index contributed by atoms with van der Waals surface area (Å²) in [5.41, 5.74) is 9.79. The highest BCUT2D eigenvalue weighted by Crippen LogP contribution is 1.86. The molecule has 0 aliphatic heterocycles. The summed E-state index contributed by atoms with van der Waals surface area (Å²) in [6.45, 7) is -1.03. The van der Waals surface area contributed by atoms with E-state index in [0.717, 1.165) is 0 Å². The van der Waals surface area contributed by atoms with Gasteiger partial charge in [-0.25, -0.2) is 0 Å². The summed E-state index contributed by atoms with van der Waals surface area (Å²) in [6, 6.07) is -2.61. The third-order valence-electron chi connectivity index (χ3n) is 1.54. The first-order chi connectivity index (χ1) is 9.15. The smallest absolute Gasteiger partial charge is 0.322 e. The Morgan fingerprint density at radius 2 is 1.15 bits per heavy atom. The molecular formula is C6H14N6O8. The quantitative estimate of drug-likeness (QED) is 0.202. The lowest BCUT2D eigenvalue weighted by Gasteiger charge is -2.08. The van der Waals surface area contributed by atoms with Crippen LogP contribution in [0.5, 0.6) is 0 Å². The molecule has 14 heteroatoms. The summed E-state index contributed by atoms with van der Waals surface area (Å²) in [5.74, 6) is -2.61. The van der Waals surface area contributed by atoms with Crippen LogP contribution in [0.1, 0.15) is 0 Å². The van der Waals surface area contributed by atoms with E-state index in [2.05, 4.69) is 0 Å². The third-order valence-corrected chi connectivity index (χ3v) is 1.54. The molecule has 2 atom stereocenters. The molecule has 14 nitrogen and oxygen atoms in total. The lowest BCUT2D eigenvalue weighted by Crippen LogP contribution is -2.39. The summed E-state index contributed by atoms with van der Waals surface area (Å²) in [6.07, 6.45) is 0. The van der Waals surface area contributed by atoms with Gasteiger partial charge in [0.15, 0.2) is 0 Å². The molecule has 0 saturated heterocycles. The largest absolute Gasteiger partial charge is 0.480 e. The maximum Gasteiger partial charge on any atom is 0.322 e. The van der Waals surface area contributed by atoms with Gasteiger partial charge in [0.1, 0.15) is 12.1 Å². The van der Waals surface area contributed by atoms with Crippen LogP contribution in [-0.2, 0) is 9.59 Å². The van der Waals surface area contributed by atoms with Gasteiger partial charge in [0.2, 0.25) is 0 Å². The Kier molecular flexibility index (Phi) is 10.5. The fourth-order valence-corrected chi connectivity index (χ4v) is 0.575. The van der Waals surface area contributed by atoms with Crippen molar-refractivity contribution in [2.45, 2.75) is 12.1 Å². The SMILES string of the molecule is NC(CN(O)N=O)C(=O)O.NC(CN(O)N=O)C(=O)O. The van der Waals surface area contributed by atoms with Crippen LogP contribution in [-0.4, -0.2) is 68.1 Å². The van der Waals surface area contributed by atoms with Gasteiger partial charge in [0.05, 0.1) is 23.7 Å². The molecule has 116 valence electrons. The summed E-state index contributed by atoms with van der Waals surface area (Å²) in [5, 5.41) is 36.7. The second-order valence-electron chi connectivity index (χ2n) is 3.16. The normalized spacial score (nSPS) is 12.2. The van der Waals surface area contributed by atoms with Crippen LogP contribution in [0.2, 0.25) is 0 Å². The Balaban J connectivity index is 0. The first-order valence-electron chi connectivity index (χ1n) is 4.71. The van der Waals surface area contributed by atoms with Gasteiger partial charge in [-0.2, -0.15) is 0 Å². The number of carboxylic acids is 2. The number of hydroxylamine groups is 2. The molecule has 2 unspecified atom stereocenters. The molecule has 0 aromatic rings. The Labute approximate surface area is 111 Å². The molecule has 20 heavy (non-hydrogen) atoms. The molecule has 0 saturated carbocycles. The lowest BCUT2D eigenvalue weighted by molar-refractivity contribution is -0.145. The molecule has 0 aliphatic rings. The van der Waals surface area contributed by atoms with Crippen LogP contribution in [0.4, 0.5) is 0 Å². The molecule has 0 aliphatic carbocycles. The van der Waals surface area contributed by atoms with Crippen molar-refractivity contribution in [3.05, 3.63) is 9.81 Å². The zero-order valence-corrected chi connectivity index (χ0v) is 9.93. The van der Waals surface area contributed by atoms with Crippen LogP contribution in [0.3, 0.4) is 0 Å². The molecule has 0 amide bonds. The van der Waals surface area contributed by atoms with Gasteiger partial charge in [0, 0.05) is 0 Å². The average molecular weight is 298 g/mol.